The molecule has 1 amide bonds. The number of pyridine rings is 1. The Morgan fingerprint density at radius 2 is 1.53 bits per heavy atom. The minimum atomic E-state index is 0.0759. The number of para-hydroxylation sites is 1. The number of carbonyl (C=O) groups is 1. The van der Waals surface area contributed by atoms with Gasteiger partial charge in [-0.2, -0.15) is 0 Å². The number of anilines is 1. The van der Waals surface area contributed by atoms with Crippen molar-refractivity contribution in [3.8, 4) is 11.3 Å². The van der Waals surface area contributed by atoms with E-state index in [0.29, 0.717) is 18.1 Å². The van der Waals surface area contributed by atoms with E-state index in [-0.39, 0.29) is 5.91 Å². The number of aromatic nitrogens is 1. The maximum atomic E-state index is 13.9. The molecule has 34 heavy (non-hydrogen) atoms. The van der Waals surface area contributed by atoms with Crippen molar-refractivity contribution < 1.29 is 4.79 Å². The number of rotatable bonds is 3. The lowest BCUT2D eigenvalue weighted by molar-refractivity contribution is 0.0748. The fourth-order valence-corrected chi connectivity index (χ4v) is 4.98. The van der Waals surface area contributed by atoms with Crippen molar-refractivity contribution >= 4 is 34.1 Å². The van der Waals surface area contributed by atoms with Gasteiger partial charge >= 0.3 is 0 Å². The number of carbonyl (C=O) groups excluding carboxylic acids is 1. The van der Waals surface area contributed by atoms with Crippen molar-refractivity contribution in [1.29, 1.82) is 0 Å². The molecule has 4 nitrogen and oxygen atoms in total. The zero-order chi connectivity index (χ0) is 23.8. The van der Waals surface area contributed by atoms with E-state index in [1.807, 2.05) is 60.4 Å². The van der Waals surface area contributed by atoms with E-state index in [9.17, 15) is 4.79 Å². The Morgan fingerprint density at radius 3 is 2.26 bits per heavy atom. The summed E-state index contributed by atoms with van der Waals surface area (Å²) < 4.78 is 0. The van der Waals surface area contributed by atoms with Gasteiger partial charge < -0.3 is 9.80 Å². The van der Waals surface area contributed by atoms with Crippen LogP contribution in [-0.2, 0) is 0 Å². The maximum Gasteiger partial charge on any atom is 0.255 e. The van der Waals surface area contributed by atoms with Gasteiger partial charge in [0.25, 0.3) is 5.91 Å². The summed E-state index contributed by atoms with van der Waals surface area (Å²) in [4.78, 5) is 23.2. The van der Waals surface area contributed by atoms with Crippen LogP contribution in [0.25, 0.3) is 22.2 Å². The lowest BCUT2D eigenvalue weighted by Crippen LogP contribution is -2.49. The van der Waals surface area contributed by atoms with Crippen LogP contribution in [0, 0.1) is 20.8 Å². The smallest absolute Gasteiger partial charge is 0.255 e. The van der Waals surface area contributed by atoms with Crippen molar-refractivity contribution in [2.75, 3.05) is 31.1 Å². The molecule has 1 fully saturated rings. The van der Waals surface area contributed by atoms with Gasteiger partial charge in [0.1, 0.15) is 0 Å². The molecule has 0 atom stereocenters. The molecule has 172 valence electrons. The second-order valence-electron chi connectivity index (χ2n) is 8.98. The Balaban J connectivity index is 1.48. The van der Waals surface area contributed by atoms with Crippen molar-refractivity contribution in [2.45, 2.75) is 20.8 Å². The molecule has 1 aliphatic heterocycles. The van der Waals surface area contributed by atoms with E-state index in [4.69, 9.17) is 16.6 Å². The summed E-state index contributed by atoms with van der Waals surface area (Å²) in [5.74, 6) is 0.0759. The highest BCUT2D eigenvalue weighted by Crippen LogP contribution is 2.32. The molecule has 0 radical (unpaired) electrons. The van der Waals surface area contributed by atoms with E-state index in [0.717, 1.165) is 46.4 Å². The molecule has 0 N–H and O–H groups in total. The van der Waals surface area contributed by atoms with Crippen LogP contribution in [0.15, 0.2) is 66.7 Å². The monoisotopic (exact) mass is 469 g/mol. The maximum absolute atomic E-state index is 13.9. The largest absolute Gasteiger partial charge is 0.368 e. The fourth-order valence-electron chi connectivity index (χ4n) is 4.86. The van der Waals surface area contributed by atoms with Crippen molar-refractivity contribution in [1.82, 2.24) is 9.88 Å². The highest BCUT2D eigenvalue weighted by Gasteiger charge is 2.27. The van der Waals surface area contributed by atoms with Crippen LogP contribution >= 0.6 is 11.6 Å². The zero-order valence-electron chi connectivity index (χ0n) is 19.8. The molecule has 0 saturated carbocycles. The first-order valence-electron chi connectivity index (χ1n) is 11.7. The zero-order valence-corrected chi connectivity index (χ0v) is 20.6. The molecular formula is C29H28ClN3O. The number of benzene rings is 3. The van der Waals surface area contributed by atoms with Crippen LogP contribution in [0.1, 0.15) is 27.0 Å². The molecule has 3 aromatic carbocycles. The highest BCUT2D eigenvalue weighted by atomic mass is 35.5. The van der Waals surface area contributed by atoms with Crippen LogP contribution < -0.4 is 4.90 Å². The topological polar surface area (TPSA) is 36.4 Å². The number of fused-ring (bicyclic) bond motifs is 1. The van der Waals surface area contributed by atoms with Gasteiger partial charge in [-0.1, -0.05) is 54.1 Å². The Hall–Kier alpha value is -3.37. The van der Waals surface area contributed by atoms with E-state index < -0.39 is 0 Å². The molecule has 0 unspecified atom stereocenters. The first kappa shape index (κ1) is 22.4. The average Bonchev–Trinajstić information content (AvgIpc) is 2.86. The molecule has 2 heterocycles. The Kier molecular flexibility index (Phi) is 6.01. The normalized spacial score (nSPS) is 14.0. The third kappa shape index (κ3) is 4.03. The van der Waals surface area contributed by atoms with Gasteiger partial charge in [0.2, 0.25) is 0 Å². The molecule has 5 heteroatoms. The number of halogens is 1. The van der Waals surface area contributed by atoms with Crippen molar-refractivity contribution in [3.63, 3.8) is 0 Å². The Morgan fingerprint density at radius 1 is 0.824 bits per heavy atom. The molecule has 0 aliphatic carbocycles. The summed E-state index contributed by atoms with van der Waals surface area (Å²) in [7, 11) is 0. The van der Waals surface area contributed by atoms with Gasteiger partial charge in [-0.15, -0.1) is 0 Å². The lowest BCUT2D eigenvalue weighted by atomic mass is 9.96. The van der Waals surface area contributed by atoms with Crippen LogP contribution in [0.4, 0.5) is 5.69 Å². The molecule has 1 aromatic heterocycles. The second-order valence-corrected chi connectivity index (χ2v) is 9.42. The third-order valence-corrected chi connectivity index (χ3v) is 7.20. The van der Waals surface area contributed by atoms with Gasteiger partial charge in [0.15, 0.2) is 0 Å². The van der Waals surface area contributed by atoms with Gasteiger partial charge in [-0.3, -0.25) is 4.79 Å². The fraction of sp³-hybridized carbons (Fsp3) is 0.241. The first-order valence-corrected chi connectivity index (χ1v) is 12.1. The van der Waals surface area contributed by atoms with Gasteiger partial charge in [-0.25, -0.2) is 4.98 Å². The SMILES string of the molecule is Cc1cccc(N2CCN(C(=O)c3c(C)c(-c4ccc(Cl)cc4)nc4ccccc34)CC2)c1C. The van der Waals surface area contributed by atoms with Crippen LogP contribution in [0.3, 0.4) is 0 Å². The summed E-state index contributed by atoms with van der Waals surface area (Å²) in [6.45, 7) is 9.35. The average molecular weight is 470 g/mol. The number of nitrogens with zero attached hydrogens (tertiary/aromatic N) is 3. The highest BCUT2D eigenvalue weighted by molar-refractivity contribution is 6.30. The van der Waals surface area contributed by atoms with E-state index in [1.165, 1.54) is 16.8 Å². The molecule has 0 bridgehead atoms. The third-order valence-electron chi connectivity index (χ3n) is 6.95. The van der Waals surface area contributed by atoms with E-state index in [1.54, 1.807) is 0 Å². The van der Waals surface area contributed by atoms with Crippen LogP contribution in [0.5, 0.6) is 0 Å². The predicted octanol–water partition coefficient (Wildman–Crippen LogP) is 6.44. The van der Waals surface area contributed by atoms with E-state index >= 15 is 0 Å². The number of hydrogen-bond acceptors (Lipinski definition) is 3. The van der Waals surface area contributed by atoms with Crippen molar-refractivity contribution in [3.05, 3.63) is 94.0 Å². The predicted molar refractivity (Wildman–Crippen MR) is 141 cm³/mol. The van der Waals surface area contributed by atoms with Crippen LogP contribution in [-0.4, -0.2) is 42.0 Å². The summed E-state index contributed by atoms with van der Waals surface area (Å²) in [6.07, 6.45) is 0. The van der Waals surface area contributed by atoms with Crippen LogP contribution in [0.2, 0.25) is 5.02 Å². The molecule has 5 rings (SSSR count). The summed E-state index contributed by atoms with van der Waals surface area (Å²) >= 11 is 6.11. The quantitative estimate of drug-likeness (QED) is 0.346. The number of piperazine rings is 1. The summed E-state index contributed by atoms with van der Waals surface area (Å²) in [5, 5.41) is 1.58. The number of amides is 1. The summed E-state index contributed by atoms with van der Waals surface area (Å²) in [6, 6.07) is 22.0. The standard InChI is InChI=1S/C29H28ClN3O/c1-19-7-6-10-26(20(19)2)32-15-17-33(18-16-32)29(34)27-21(3)28(22-11-13-23(30)14-12-22)31-25-9-5-4-8-24(25)27/h4-14H,15-18H2,1-3H3. The Bertz CT molecular complexity index is 1370. The summed E-state index contributed by atoms with van der Waals surface area (Å²) in [5.41, 5.74) is 8.14. The minimum absolute atomic E-state index is 0.0759. The molecule has 1 saturated heterocycles. The Labute approximate surface area is 205 Å². The molecule has 4 aromatic rings. The molecule has 0 spiro atoms. The lowest BCUT2D eigenvalue weighted by Gasteiger charge is -2.37. The number of aryl methyl sites for hydroxylation is 1. The van der Waals surface area contributed by atoms with Gasteiger partial charge in [0, 0.05) is 47.8 Å². The second kappa shape index (κ2) is 9.11. The molecular weight excluding hydrogens is 442 g/mol. The number of hydrogen-bond donors (Lipinski definition) is 0. The van der Waals surface area contributed by atoms with Crippen molar-refractivity contribution in [2.24, 2.45) is 0 Å². The first-order chi connectivity index (χ1) is 16.4. The molecule has 1 aliphatic rings. The van der Waals surface area contributed by atoms with Gasteiger partial charge in [-0.05, 0) is 61.7 Å². The van der Waals surface area contributed by atoms with E-state index in [2.05, 4.69) is 36.9 Å². The van der Waals surface area contributed by atoms with Gasteiger partial charge in [0.05, 0.1) is 16.8 Å². The minimum Gasteiger partial charge on any atom is -0.368 e.